The topological polar surface area (TPSA) is 64.7 Å². The average molecular weight is 438 g/mol. The van der Waals surface area contributed by atoms with Gasteiger partial charge in [0, 0.05) is 18.1 Å². The van der Waals surface area contributed by atoms with Gasteiger partial charge in [-0.2, -0.15) is 4.98 Å². The van der Waals surface area contributed by atoms with Crippen molar-refractivity contribution in [3.05, 3.63) is 63.4 Å². The number of rotatable bonds is 4. The zero-order valence-corrected chi connectivity index (χ0v) is 18.2. The summed E-state index contributed by atoms with van der Waals surface area (Å²) in [6.45, 7) is 2.39. The van der Waals surface area contributed by atoms with E-state index in [-0.39, 0.29) is 5.56 Å². The summed E-state index contributed by atoms with van der Waals surface area (Å²) >= 11 is 6.17. The highest BCUT2D eigenvalue weighted by Gasteiger charge is 2.21. The van der Waals surface area contributed by atoms with Crippen LogP contribution >= 0.6 is 11.6 Å². The minimum Gasteiger partial charge on any atom is -0.497 e. The van der Waals surface area contributed by atoms with Crippen molar-refractivity contribution in [3.63, 3.8) is 0 Å². The number of nitrogens with zero attached hydrogens (tertiary/aromatic N) is 5. The Kier molecular flexibility index (Phi) is 5.28. The number of ether oxygens (including phenoxy) is 1. The molecule has 4 aromatic rings. The van der Waals surface area contributed by atoms with Gasteiger partial charge in [-0.25, -0.2) is 9.08 Å². The summed E-state index contributed by atoms with van der Waals surface area (Å²) in [4.78, 5) is 19.5. The molecule has 0 spiro atoms. The van der Waals surface area contributed by atoms with Crippen molar-refractivity contribution in [3.8, 4) is 5.75 Å². The molecule has 0 N–H and O–H groups in total. The zero-order chi connectivity index (χ0) is 21.4. The number of fused-ring (bicyclic) bond motifs is 3. The molecule has 0 unspecified atom stereocenters. The largest absolute Gasteiger partial charge is 0.497 e. The maximum absolute atomic E-state index is 12.8. The van der Waals surface area contributed by atoms with Crippen LogP contribution in [0.4, 0.5) is 5.95 Å². The SMILES string of the molecule is COc1ccc(Cn2nc(N3CCCCCC3)n3c4ccc(Cl)cc4c(=O)nc23)cc1. The Balaban J connectivity index is 1.70. The Bertz CT molecular complexity index is 1290. The summed E-state index contributed by atoms with van der Waals surface area (Å²) in [5.74, 6) is 2.16. The lowest BCUT2D eigenvalue weighted by molar-refractivity contribution is 0.414. The van der Waals surface area contributed by atoms with Crippen LogP contribution in [0, 0.1) is 0 Å². The van der Waals surface area contributed by atoms with Crippen molar-refractivity contribution >= 4 is 34.2 Å². The van der Waals surface area contributed by atoms with Gasteiger partial charge in [-0.3, -0.25) is 4.79 Å². The summed E-state index contributed by atoms with van der Waals surface area (Å²) in [6, 6.07) is 13.2. The highest BCUT2D eigenvalue weighted by Crippen LogP contribution is 2.25. The molecular formula is C23H24ClN5O2. The highest BCUT2D eigenvalue weighted by atomic mass is 35.5. The molecule has 0 atom stereocenters. The molecule has 5 rings (SSSR count). The molecule has 160 valence electrons. The van der Waals surface area contributed by atoms with Crippen molar-refractivity contribution in [1.29, 1.82) is 0 Å². The second kappa shape index (κ2) is 8.23. The van der Waals surface area contributed by atoms with E-state index in [9.17, 15) is 4.79 Å². The monoisotopic (exact) mass is 437 g/mol. The normalized spacial score (nSPS) is 14.8. The van der Waals surface area contributed by atoms with E-state index in [0.29, 0.717) is 22.7 Å². The fourth-order valence-corrected chi connectivity index (χ4v) is 4.41. The van der Waals surface area contributed by atoms with Crippen LogP contribution in [-0.2, 0) is 6.54 Å². The zero-order valence-electron chi connectivity index (χ0n) is 17.4. The molecule has 1 fully saturated rings. The van der Waals surface area contributed by atoms with E-state index in [0.717, 1.165) is 48.7 Å². The molecule has 0 bridgehead atoms. The first kappa shape index (κ1) is 19.9. The Labute approximate surface area is 184 Å². The van der Waals surface area contributed by atoms with Crippen LogP contribution in [0.25, 0.3) is 16.7 Å². The molecule has 0 amide bonds. The molecule has 3 heterocycles. The number of benzene rings is 2. The summed E-state index contributed by atoms with van der Waals surface area (Å²) in [6.07, 6.45) is 4.71. The van der Waals surface area contributed by atoms with E-state index in [1.54, 1.807) is 13.2 Å². The second-order valence-corrected chi connectivity index (χ2v) is 8.36. The Morgan fingerprint density at radius 1 is 1.03 bits per heavy atom. The van der Waals surface area contributed by atoms with E-state index in [1.807, 2.05) is 45.5 Å². The van der Waals surface area contributed by atoms with Gasteiger partial charge in [0.25, 0.3) is 5.56 Å². The van der Waals surface area contributed by atoms with E-state index >= 15 is 0 Å². The van der Waals surface area contributed by atoms with Crippen LogP contribution in [0.3, 0.4) is 0 Å². The van der Waals surface area contributed by atoms with Crippen molar-refractivity contribution in [2.75, 3.05) is 25.1 Å². The third-order valence-corrected chi connectivity index (χ3v) is 6.09. The van der Waals surface area contributed by atoms with Crippen LogP contribution in [0.1, 0.15) is 31.2 Å². The number of aromatic nitrogens is 4. The molecule has 7 nitrogen and oxygen atoms in total. The molecule has 0 saturated carbocycles. The molecule has 2 aromatic heterocycles. The van der Waals surface area contributed by atoms with E-state index in [1.165, 1.54) is 12.8 Å². The van der Waals surface area contributed by atoms with Gasteiger partial charge >= 0.3 is 0 Å². The highest BCUT2D eigenvalue weighted by molar-refractivity contribution is 6.31. The van der Waals surface area contributed by atoms with E-state index < -0.39 is 0 Å². The van der Waals surface area contributed by atoms with Gasteiger partial charge in [-0.1, -0.05) is 36.6 Å². The molecule has 8 heteroatoms. The first-order valence-corrected chi connectivity index (χ1v) is 11.0. The van der Waals surface area contributed by atoms with Gasteiger partial charge in [0.1, 0.15) is 5.75 Å². The molecule has 31 heavy (non-hydrogen) atoms. The summed E-state index contributed by atoms with van der Waals surface area (Å²) in [5.41, 5.74) is 1.54. The minimum absolute atomic E-state index is 0.296. The standard InChI is InChI=1S/C23H24ClN5O2/c1-31-18-9-6-16(7-10-18)15-28-22-25-21(30)19-14-17(24)8-11-20(19)29(22)23(26-28)27-12-4-2-3-5-13-27/h6-11,14H,2-5,12-13,15H2,1H3. The van der Waals surface area contributed by atoms with Gasteiger partial charge in [0.05, 0.1) is 24.6 Å². The van der Waals surface area contributed by atoms with Gasteiger partial charge < -0.3 is 9.64 Å². The average Bonchev–Trinajstić information content (AvgIpc) is 2.95. The first-order valence-electron chi connectivity index (χ1n) is 10.6. The van der Waals surface area contributed by atoms with E-state index in [2.05, 4.69) is 9.88 Å². The van der Waals surface area contributed by atoms with Crippen LogP contribution in [0.5, 0.6) is 5.75 Å². The van der Waals surface area contributed by atoms with Crippen LogP contribution in [0.15, 0.2) is 47.3 Å². The summed E-state index contributed by atoms with van der Waals surface area (Å²) in [5, 5.41) is 5.97. The number of hydrogen-bond donors (Lipinski definition) is 0. The number of halogens is 1. The quantitative estimate of drug-likeness (QED) is 0.480. The van der Waals surface area contributed by atoms with Crippen LogP contribution in [-0.4, -0.2) is 39.4 Å². The number of methoxy groups -OCH3 is 1. The summed E-state index contributed by atoms with van der Waals surface area (Å²) in [7, 11) is 1.65. The number of anilines is 1. The molecule has 0 radical (unpaired) electrons. The Morgan fingerprint density at radius 3 is 2.48 bits per heavy atom. The maximum atomic E-state index is 12.8. The van der Waals surface area contributed by atoms with Crippen molar-refractivity contribution in [2.45, 2.75) is 32.2 Å². The first-order chi connectivity index (χ1) is 15.1. The molecule has 1 aliphatic heterocycles. The molecule has 1 saturated heterocycles. The third-order valence-electron chi connectivity index (χ3n) is 5.85. The fourth-order valence-electron chi connectivity index (χ4n) is 4.24. The second-order valence-electron chi connectivity index (χ2n) is 7.92. The minimum atomic E-state index is -0.296. The van der Waals surface area contributed by atoms with Crippen molar-refractivity contribution in [1.82, 2.24) is 19.2 Å². The lowest BCUT2D eigenvalue weighted by Gasteiger charge is -2.20. The maximum Gasteiger partial charge on any atom is 0.282 e. The Hall–Kier alpha value is -3.06. The van der Waals surface area contributed by atoms with Crippen LogP contribution in [0.2, 0.25) is 5.02 Å². The van der Waals surface area contributed by atoms with Crippen LogP contribution < -0.4 is 15.2 Å². The predicted molar refractivity (Wildman–Crippen MR) is 123 cm³/mol. The molecular weight excluding hydrogens is 414 g/mol. The lowest BCUT2D eigenvalue weighted by Crippen LogP contribution is -2.26. The summed E-state index contributed by atoms with van der Waals surface area (Å²) < 4.78 is 9.08. The van der Waals surface area contributed by atoms with Gasteiger partial charge in [0.15, 0.2) is 0 Å². The fraction of sp³-hybridized carbons (Fsp3) is 0.348. The Morgan fingerprint density at radius 2 is 1.77 bits per heavy atom. The van der Waals surface area contributed by atoms with Crippen molar-refractivity contribution < 1.29 is 4.74 Å². The van der Waals surface area contributed by atoms with E-state index in [4.69, 9.17) is 21.4 Å². The van der Waals surface area contributed by atoms with Crippen molar-refractivity contribution in [2.24, 2.45) is 0 Å². The smallest absolute Gasteiger partial charge is 0.282 e. The third kappa shape index (κ3) is 3.74. The number of hydrogen-bond acceptors (Lipinski definition) is 5. The van der Waals surface area contributed by atoms with Gasteiger partial charge in [-0.05, 0) is 48.7 Å². The lowest BCUT2D eigenvalue weighted by atomic mass is 10.2. The predicted octanol–water partition coefficient (Wildman–Crippen LogP) is 4.13. The molecule has 0 aliphatic carbocycles. The van der Waals surface area contributed by atoms with Gasteiger partial charge in [-0.15, -0.1) is 5.10 Å². The van der Waals surface area contributed by atoms with Gasteiger partial charge in [0.2, 0.25) is 11.7 Å². The molecule has 1 aliphatic rings. The molecule has 2 aromatic carbocycles.